The van der Waals surface area contributed by atoms with Crippen LogP contribution in [-0.2, 0) is 11.3 Å². The van der Waals surface area contributed by atoms with Crippen LogP contribution in [0.5, 0.6) is 0 Å². The second-order valence-corrected chi connectivity index (χ2v) is 7.74. The van der Waals surface area contributed by atoms with Crippen molar-refractivity contribution in [1.29, 1.82) is 0 Å². The maximum Gasteiger partial charge on any atom is 0.410 e. The van der Waals surface area contributed by atoms with Crippen molar-refractivity contribution in [3.8, 4) is 0 Å². The number of pyridine rings is 1. The molecule has 2 aromatic rings. The van der Waals surface area contributed by atoms with Gasteiger partial charge in [0.15, 0.2) is 0 Å². The van der Waals surface area contributed by atoms with Crippen molar-refractivity contribution in [2.45, 2.75) is 51.2 Å². The summed E-state index contributed by atoms with van der Waals surface area (Å²) in [6.07, 6.45) is 8.80. The molecule has 5 nitrogen and oxygen atoms in total. The van der Waals surface area contributed by atoms with Gasteiger partial charge in [-0.1, -0.05) is 49.2 Å². The van der Waals surface area contributed by atoms with Crippen molar-refractivity contribution in [3.05, 3.63) is 59.8 Å². The number of carbonyl (C=O) groups excluding carboxylic acids is 1. The largest absolute Gasteiger partial charge is 0.445 e. The van der Waals surface area contributed by atoms with E-state index in [1.54, 1.807) is 0 Å². The predicted molar refractivity (Wildman–Crippen MR) is 110 cm³/mol. The molecule has 0 aliphatic carbocycles. The molecule has 148 valence electrons. The monoisotopic (exact) mass is 379 g/mol. The van der Waals surface area contributed by atoms with Gasteiger partial charge < -0.3 is 14.5 Å². The number of nitrogens with zero attached hydrogens (tertiary/aromatic N) is 3. The number of hydrogen-bond donors (Lipinski definition) is 0. The van der Waals surface area contributed by atoms with E-state index in [9.17, 15) is 4.79 Å². The molecule has 0 bridgehead atoms. The molecule has 4 rings (SSSR count). The summed E-state index contributed by atoms with van der Waals surface area (Å²) in [4.78, 5) is 21.6. The Hall–Kier alpha value is -2.56. The van der Waals surface area contributed by atoms with Crippen molar-refractivity contribution in [2.24, 2.45) is 0 Å². The zero-order valence-electron chi connectivity index (χ0n) is 16.4. The summed E-state index contributed by atoms with van der Waals surface area (Å²) >= 11 is 0. The molecule has 2 saturated heterocycles. The number of amides is 1. The minimum Gasteiger partial charge on any atom is -0.445 e. The van der Waals surface area contributed by atoms with Crippen molar-refractivity contribution < 1.29 is 9.53 Å². The quantitative estimate of drug-likeness (QED) is 0.755. The Morgan fingerprint density at radius 1 is 0.964 bits per heavy atom. The zero-order valence-corrected chi connectivity index (χ0v) is 16.4. The van der Waals surface area contributed by atoms with E-state index in [0.717, 1.165) is 49.4 Å². The summed E-state index contributed by atoms with van der Waals surface area (Å²) in [5.74, 6) is 1.06. The fourth-order valence-electron chi connectivity index (χ4n) is 4.22. The number of likely N-dealkylation sites (tertiary alicyclic amines) is 1. The first kappa shape index (κ1) is 18.8. The molecule has 2 fully saturated rings. The molecule has 0 spiro atoms. The van der Waals surface area contributed by atoms with Crippen LogP contribution in [0.15, 0.2) is 48.7 Å². The van der Waals surface area contributed by atoms with Crippen LogP contribution in [0.25, 0.3) is 0 Å². The van der Waals surface area contributed by atoms with E-state index in [0.29, 0.717) is 6.61 Å². The van der Waals surface area contributed by atoms with Gasteiger partial charge in [-0.05, 0) is 42.9 Å². The van der Waals surface area contributed by atoms with Crippen LogP contribution < -0.4 is 4.90 Å². The highest BCUT2D eigenvalue weighted by molar-refractivity contribution is 5.68. The van der Waals surface area contributed by atoms with E-state index in [-0.39, 0.29) is 12.1 Å². The number of rotatable bonds is 4. The van der Waals surface area contributed by atoms with Gasteiger partial charge in [0.1, 0.15) is 12.4 Å². The third kappa shape index (κ3) is 4.46. The summed E-state index contributed by atoms with van der Waals surface area (Å²) in [5, 5.41) is 0. The smallest absolute Gasteiger partial charge is 0.410 e. The molecule has 28 heavy (non-hydrogen) atoms. The fourth-order valence-corrected chi connectivity index (χ4v) is 4.22. The summed E-state index contributed by atoms with van der Waals surface area (Å²) in [5.41, 5.74) is 2.11. The Balaban J connectivity index is 1.39. The summed E-state index contributed by atoms with van der Waals surface area (Å²) in [6.45, 7) is 3.24. The molecule has 1 aromatic heterocycles. The van der Waals surface area contributed by atoms with Crippen molar-refractivity contribution in [3.63, 3.8) is 0 Å². The Bertz CT molecular complexity index is 755. The molecule has 5 heteroatoms. The Kier molecular flexibility index (Phi) is 6.10. The van der Waals surface area contributed by atoms with Gasteiger partial charge in [0.25, 0.3) is 0 Å². The predicted octanol–water partition coefficient (Wildman–Crippen LogP) is 4.94. The first-order valence-electron chi connectivity index (χ1n) is 10.5. The van der Waals surface area contributed by atoms with Crippen molar-refractivity contribution in [2.75, 3.05) is 24.5 Å². The molecule has 1 atom stereocenters. The zero-order chi connectivity index (χ0) is 19.2. The standard InChI is InChI=1S/C23H29N3O2/c27-23(28-18-19-9-4-3-5-10-19)26-16-8-11-21(26)20-12-13-22(24-17-20)25-14-6-1-2-7-15-25/h3-5,9-10,12-13,17,21H,1-2,6-8,11,14-16,18H2/t21-/m0/s1. The first-order valence-corrected chi connectivity index (χ1v) is 10.5. The highest BCUT2D eigenvalue weighted by Gasteiger charge is 2.31. The average Bonchev–Trinajstić information content (AvgIpc) is 3.08. The summed E-state index contributed by atoms with van der Waals surface area (Å²) < 4.78 is 5.55. The maximum atomic E-state index is 12.6. The van der Waals surface area contributed by atoms with Crippen LogP contribution in [0, 0.1) is 0 Å². The van der Waals surface area contributed by atoms with Gasteiger partial charge in [-0.25, -0.2) is 9.78 Å². The average molecular weight is 380 g/mol. The third-order valence-electron chi connectivity index (χ3n) is 5.78. The van der Waals surface area contributed by atoms with E-state index >= 15 is 0 Å². The van der Waals surface area contributed by atoms with E-state index in [1.165, 1.54) is 25.7 Å². The fraction of sp³-hybridized carbons (Fsp3) is 0.478. The van der Waals surface area contributed by atoms with Gasteiger partial charge in [-0.3, -0.25) is 0 Å². The summed E-state index contributed by atoms with van der Waals surface area (Å²) in [7, 11) is 0. The van der Waals surface area contributed by atoms with Crippen molar-refractivity contribution in [1.82, 2.24) is 9.88 Å². The minimum atomic E-state index is -0.233. The van der Waals surface area contributed by atoms with Gasteiger partial charge in [0, 0.05) is 25.8 Å². The highest BCUT2D eigenvalue weighted by Crippen LogP contribution is 2.33. The van der Waals surface area contributed by atoms with Gasteiger partial charge in [0.05, 0.1) is 6.04 Å². The molecule has 2 aliphatic rings. The van der Waals surface area contributed by atoms with E-state index in [1.807, 2.05) is 41.4 Å². The summed E-state index contributed by atoms with van der Waals surface area (Å²) in [6, 6.07) is 14.1. The number of carbonyl (C=O) groups is 1. The van der Waals surface area contributed by atoms with Gasteiger partial charge >= 0.3 is 6.09 Å². The normalized spacial score (nSPS) is 20.1. The molecule has 0 saturated carbocycles. The van der Waals surface area contributed by atoms with E-state index in [4.69, 9.17) is 9.72 Å². The number of aromatic nitrogens is 1. The first-order chi connectivity index (χ1) is 13.8. The third-order valence-corrected chi connectivity index (χ3v) is 5.78. The Morgan fingerprint density at radius 2 is 1.75 bits per heavy atom. The molecule has 0 N–H and O–H groups in total. The molecule has 3 heterocycles. The topological polar surface area (TPSA) is 45.7 Å². The lowest BCUT2D eigenvalue weighted by Gasteiger charge is -2.25. The molecule has 2 aliphatic heterocycles. The van der Waals surface area contributed by atoms with Crippen LogP contribution in [0.3, 0.4) is 0 Å². The second-order valence-electron chi connectivity index (χ2n) is 7.74. The van der Waals surface area contributed by atoms with Crippen LogP contribution >= 0.6 is 0 Å². The molecule has 1 amide bonds. The number of ether oxygens (including phenoxy) is 1. The minimum absolute atomic E-state index is 0.0638. The SMILES string of the molecule is O=C(OCc1ccccc1)N1CCC[C@H]1c1ccc(N2CCCCCC2)nc1. The van der Waals surface area contributed by atoms with Crippen molar-refractivity contribution >= 4 is 11.9 Å². The molecule has 0 unspecified atom stereocenters. The van der Waals surface area contributed by atoms with Gasteiger partial charge in [0.2, 0.25) is 0 Å². The van der Waals surface area contributed by atoms with Crippen LogP contribution in [0.4, 0.5) is 10.6 Å². The van der Waals surface area contributed by atoms with Crippen LogP contribution in [0.1, 0.15) is 55.7 Å². The molecule has 0 radical (unpaired) electrons. The van der Waals surface area contributed by atoms with Gasteiger partial charge in [-0.15, -0.1) is 0 Å². The van der Waals surface area contributed by atoms with Crippen LogP contribution in [-0.4, -0.2) is 35.6 Å². The number of hydrogen-bond acceptors (Lipinski definition) is 4. The molecular formula is C23H29N3O2. The number of anilines is 1. The highest BCUT2D eigenvalue weighted by atomic mass is 16.6. The lowest BCUT2D eigenvalue weighted by Crippen LogP contribution is -2.31. The molecule has 1 aromatic carbocycles. The lowest BCUT2D eigenvalue weighted by atomic mass is 10.1. The number of benzene rings is 1. The van der Waals surface area contributed by atoms with E-state index in [2.05, 4.69) is 17.0 Å². The maximum absolute atomic E-state index is 12.6. The second kappa shape index (κ2) is 9.09. The Morgan fingerprint density at radius 3 is 2.46 bits per heavy atom. The molecular weight excluding hydrogens is 350 g/mol. The van der Waals surface area contributed by atoms with Gasteiger partial charge in [-0.2, -0.15) is 0 Å². The lowest BCUT2D eigenvalue weighted by molar-refractivity contribution is 0.0920. The van der Waals surface area contributed by atoms with E-state index < -0.39 is 0 Å². The Labute approximate surface area is 167 Å². The van der Waals surface area contributed by atoms with Crippen LogP contribution in [0.2, 0.25) is 0 Å².